The predicted molar refractivity (Wildman–Crippen MR) is 113 cm³/mol. The van der Waals surface area contributed by atoms with Gasteiger partial charge >= 0.3 is 0 Å². The molecule has 2 aromatic carbocycles. The molecule has 0 spiro atoms. The van der Waals surface area contributed by atoms with Crippen molar-refractivity contribution in [1.82, 2.24) is 20.3 Å². The Bertz CT molecular complexity index is 1210. The van der Waals surface area contributed by atoms with Crippen LogP contribution in [-0.2, 0) is 6.54 Å². The number of benzene rings is 2. The van der Waals surface area contributed by atoms with Crippen LogP contribution in [0.5, 0.6) is 5.75 Å². The van der Waals surface area contributed by atoms with Crippen LogP contribution in [-0.4, -0.2) is 28.0 Å². The molecule has 0 aliphatic heterocycles. The minimum atomic E-state index is -0.590. The van der Waals surface area contributed by atoms with Gasteiger partial charge in [0.25, 0.3) is 5.91 Å². The van der Waals surface area contributed by atoms with E-state index in [9.17, 15) is 9.18 Å². The molecule has 0 unspecified atom stereocenters. The van der Waals surface area contributed by atoms with Crippen molar-refractivity contribution in [2.75, 3.05) is 7.11 Å². The van der Waals surface area contributed by atoms with Gasteiger partial charge in [0.2, 0.25) is 0 Å². The van der Waals surface area contributed by atoms with Crippen LogP contribution in [0.1, 0.15) is 21.8 Å². The molecule has 0 aliphatic carbocycles. The number of hydrogen-bond donors (Lipinski definition) is 1. The Kier molecular flexibility index (Phi) is 5.73. The van der Waals surface area contributed by atoms with Crippen molar-refractivity contribution in [3.63, 3.8) is 0 Å². The Labute approximate surface area is 182 Å². The molecule has 158 valence electrons. The van der Waals surface area contributed by atoms with Gasteiger partial charge in [-0.05, 0) is 49.4 Å². The standard InChI is InChI=1S/C22H18ClFN4O3/c1-13-19(21(27-31-13)20-17(23)4-3-5-18(20)24)22(29)25-12-14-10-11-28(26-14)15-6-8-16(30-2)9-7-15/h3-11H,12H2,1-2H3,(H,25,29). The van der Waals surface area contributed by atoms with E-state index in [1.54, 1.807) is 31.0 Å². The summed E-state index contributed by atoms with van der Waals surface area (Å²) in [7, 11) is 1.60. The second kappa shape index (κ2) is 8.61. The SMILES string of the molecule is COc1ccc(-n2ccc(CNC(=O)c3c(-c4c(F)cccc4Cl)noc3C)n2)cc1. The number of nitrogens with zero attached hydrogens (tertiary/aromatic N) is 3. The van der Waals surface area contributed by atoms with E-state index in [0.717, 1.165) is 11.4 Å². The van der Waals surface area contributed by atoms with E-state index < -0.39 is 11.7 Å². The third kappa shape index (κ3) is 4.15. The van der Waals surface area contributed by atoms with Gasteiger partial charge in [0, 0.05) is 6.20 Å². The number of halogens is 2. The molecule has 1 N–H and O–H groups in total. The maximum absolute atomic E-state index is 14.3. The van der Waals surface area contributed by atoms with Gasteiger partial charge in [-0.1, -0.05) is 22.8 Å². The number of carbonyl (C=O) groups excluding carboxylic acids is 1. The normalized spacial score (nSPS) is 10.8. The molecule has 2 heterocycles. The largest absolute Gasteiger partial charge is 0.497 e. The second-order valence-electron chi connectivity index (χ2n) is 6.69. The Morgan fingerprint density at radius 2 is 2.00 bits per heavy atom. The first-order valence-corrected chi connectivity index (χ1v) is 9.73. The molecule has 0 bridgehead atoms. The van der Waals surface area contributed by atoms with Crippen molar-refractivity contribution in [2.24, 2.45) is 0 Å². The van der Waals surface area contributed by atoms with Crippen molar-refractivity contribution < 1.29 is 18.4 Å². The van der Waals surface area contributed by atoms with Gasteiger partial charge in [0.15, 0.2) is 0 Å². The molecule has 31 heavy (non-hydrogen) atoms. The van der Waals surface area contributed by atoms with Gasteiger partial charge in [-0.25, -0.2) is 9.07 Å². The average Bonchev–Trinajstić information content (AvgIpc) is 3.39. The molecule has 2 aromatic heterocycles. The first-order valence-electron chi connectivity index (χ1n) is 9.35. The molecule has 7 nitrogen and oxygen atoms in total. The molecular weight excluding hydrogens is 423 g/mol. The fraction of sp³-hybridized carbons (Fsp3) is 0.136. The van der Waals surface area contributed by atoms with Gasteiger partial charge in [0.1, 0.15) is 28.6 Å². The quantitative estimate of drug-likeness (QED) is 0.475. The highest BCUT2D eigenvalue weighted by Crippen LogP contribution is 2.33. The lowest BCUT2D eigenvalue weighted by molar-refractivity contribution is 0.0949. The van der Waals surface area contributed by atoms with E-state index >= 15 is 0 Å². The molecule has 9 heteroatoms. The number of amides is 1. The number of aryl methyl sites for hydroxylation is 1. The number of ether oxygens (including phenoxy) is 1. The van der Waals surface area contributed by atoms with Crippen molar-refractivity contribution in [3.05, 3.63) is 82.6 Å². The smallest absolute Gasteiger partial charge is 0.257 e. The maximum atomic E-state index is 14.3. The molecule has 4 aromatic rings. The predicted octanol–water partition coefficient (Wildman–Crippen LogP) is 4.57. The maximum Gasteiger partial charge on any atom is 0.257 e. The van der Waals surface area contributed by atoms with Crippen LogP contribution in [0, 0.1) is 12.7 Å². The van der Waals surface area contributed by atoms with E-state index in [1.165, 1.54) is 18.2 Å². The molecule has 1 amide bonds. The summed E-state index contributed by atoms with van der Waals surface area (Å²) >= 11 is 6.13. The highest BCUT2D eigenvalue weighted by Gasteiger charge is 2.25. The first-order chi connectivity index (χ1) is 15.0. The van der Waals surface area contributed by atoms with E-state index in [2.05, 4.69) is 15.6 Å². The number of methoxy groups -OCH3 is 1. The molecule has 0 atom stereocenters. The number of aromatic nitrogens is 3. The molecule has 0 saturated carbocycles. The number of carbonyl (C=O) groups is 1. The Hall–Kier alpha value is -3.65. The third-order valence-corrected chi connectivity index (χ3v) is 5.02. The van der Waals surface area contributed by atoms with Crippen LogP contribution < -0.4 is 10.1 Å². The van der Waals surface area contributed by atoms with Gasteiger partial charge in [-0.15, -0.1) is 0 Å². The van der Waals surface area contributed by atoms with Crippen LogP contribution in [0.4, 0.5) is 4.39 Å². The Morgan fingerprint density at radius 1 is 1.23 bits per heavy atom. The van der Waals surface area contributed by atoms with E-state index in [-0.39, 0.29) is 34.1 Å². The zero-order valence-electron chi connectivity index (χ0n) is 16.7. The van der Waals surface area contributed by atoms with Crippen LogP contribution in [0.25, 0.3) is 16.9 Å². The van der Waals surface area contributed by atoms with Gasteiger partial charge in [0.05, 0.1) is 35.6 Å². The Morgan fingerprint density at radius 3 is 2.71 bits per heavy atom. The van der Waals surface area contributed by atoms with E-state index in [0.29, 0.717) is 5.69 Å². The van der Waals surface area contributed by atoms with Crippen molar-refractivity contribution in [1.29, 1.82) is 0 Å². The van der Waals surface area contributed by atoms with Crippen molar-refractivity contribution in [3.8, 4) is 22.7 Å². The Balaban J connectivity index is 1.51. The molecule has 0 radical (unpaired) electrons. The second-order valence-corrected chi connectivity index (χ2v) is 7.10. The van der Waals surface area contributed by atoms with Crippen LogP contribution in [0.15, 0.2) is 59.3 Å². The average molecular weight is 441 g/mol. The van der Waals surface area contributed by atoms with Crippen molar-refractivity contribution >= 4 is 17.5 Å². The van der Waals surface area contributed by atoms with Gasteiger partial charge in [-0.2, -0.15) is 5.10 Å². The van der Waals surface area contributed by atoms with Crippen LogP contribution in [0.2, 0.25) is 5.02 Å². The minimum Gasteiger partial charge on any atom is -0.497 e. The van der Waals surface area contributed by atoms with Crippen molar-refractivity contribution in [2.45, 2.75) is 13.5 Å². The third-order valence-electron chi connectivity index (χ3n) is 4.70. The zero-order valence-corrected chi connectivity index (χ0v) is 17.5. The summed E-state index contributed by atoms with van der Waals surface area (Å²) in [6, 6.07) is 13.5. The summed E-state index contributed by atoms with van der Waals surface area (Å²) in [6.45, 7) is 1.75. The number of hydrogen-bond acceptors (Lipinski definition) is 5. The summed E-state index contributed by atoms with van der Waals surface area (Å²) in [5.74, 6) is -0.0472. The summed E-state index contributed by atoms with van der Waals surface area (Å²) in [5, 5.41) is 11.2. The highest BCUT2D eigenvalue weighted by atomic mass is 35.5. The summed E-state index contributed by atoms with van der Waals surface area (Å²) in [5.41, 5.74) is 1.70. The minimum absolute atomic E-state index is 0.0231. The van der Waals surface area contributed by atoms with E-state index in [1.807, 2.05) is 24.3 Å². The molecule has 0 aliphatic rings. The fourth-order valence-corrected chi connectivity index (χ4v) is 3.38. The van der Waals surface area contributed by atoms with E-state index in [4.69, 9.17) is 20.9 Å². The molecule has 0 fully saturated rings. The number of rotatable bonds is 6. The van der Waals surface area contributed by atoms with Gasteiger partial charge in [-0.3, -0.25) is 4.79 Å². The summed E-state index contributed by atoms with van der Waals surface area (Å²) < 4.78 is 26.3. The summed E-state index contributed by atoms with van der Waals surface area (Å²) in [6.07, 6.45) is 1.79. The van der Waals surface area contributed by atoms with Crippen LogP contribution >= 0.6 is 11.6 Å². The fourth-order valence-electron chi connectivity index (χ4n) is 3.13. The molecule has 4 rings (SSSR count). The lowest BCUT2D eigenvalue weighted by Crippen LogP contribution is -2.24. The van der Waals surface area contributed by atoms with Gasteiger partial charge < -0.3 is 14.6 Å². The monoisotopic (exact) mass is 440 g/mol. The molecule has 0 saturated heterocycles. The first kappa shape index (κ1) is 20.6. The highest BCUT2D eigenvalue weighted by molar-refractivity contribution is 6.33. The lowest BCUT2D eigenvalue weighted by atomic mass is 10.0. The molecular formula is C22H18ClFN4O3. The lowest BCUT2D eigenvalue weighted by Gasteiger charge is -2.07. The zero-order chi connectivity index (χ0) is 22.0. The van der Waals surface area contributed by atoms with Crippen LogP contribution in [0.3, 0.4) is 0 Å². The topological polar surface area (TPSA) is 82.2 Å². The summed E-state index contributed by atoms with van der Waals surface area (Å²) in [4.78, 5) is 12.8. The number of nitrogens with one attached hydrogen (secondary N) is 1.